The van der Waals surface area contributed by atoms with E-state index in [1.165, 1.54) is 54.6 Å². The number of benzene rings is 12. The van der Waals surface area contributed by atoms with Gasteiger partial charge in [-0.05, 0) is 121 Å². The van der Waals surface area contributed by atoms with Gasteiger partial charge in [0.1, 0.15) is 0 Å². The van der Waals surface area contributed by atoms with Gasteiger partial charge < -0.3 is 13.7 Å². The van der Waals surface area contributed by atoms with Gasteiger partial charge in [0.25, 0.3) is 0 Å². The Kier molecular flexibility index (Phi) is 11.3. The topological polar surface area (TPSA) is 40.6 Å². The largest absolute Gasteiger partial charge is 0.309 e. The van der Waals surface area contributed by atoms with Crippen molar-refractivity contribution in [2.45, 2.75) is 13.8 Å². The summed E-state index contributed by atoms with van der Waals surface area (Å²) in [6, 6.07) is 104. The first-order chi connectivity index (χ1) is 41.0. The van der Waals surface area contributed by atoms with Gasteiger partial charge in [-0.25, -0.2) is 9.97 Å². The van der Waals surface area contributed by atoms with Crippen molar-refractivity contribution >= 4 is 65.4 Å². The standard InChI is InChI=1S/C78H53N5/c1-50-41-51(2)43-57(42-50)54-39-40-76-68(46-54)65-33-13-18-38-75(65)83(76)77-66(55-25-19-27-59(44-55)81-71-34-14-9-29-61(71)62-30-10-15-35-72(62)81)47-58(78-79-69(52-21-5-3-6-22-52)49-70(80-78)53-23-7-4-8-24-53)48-67(77)56-26-20-28-60(45-56)82-73-36-16-11-31-63(73)64-32-12-17-37-74(64)82/h3-49H,1-2H3. The smallest absolute Gasteiger partial charge is 0.160 e. The molecule has 0 bridgehead atoms. The first-order valence-corrected chi connectivity index (χ1v) is 28.5. The zero-order valence-electron chi connectivity index (χ0n) is 45.9. The Balaban J connectivity index is 1.04. The van der Waals surface area contributed by atoms with Crippen LogP contribution in [0.1, 0.15) is 11.1 Å². The molecule has 0 aliphatic rings. The van der Waals surface area contributed by atoms with Crippen LogP contribution in [-0.2, 0) is 0 Å². The summed E-state index contributed by atoms with van der Waals surface area (Å²) in [5.74, 6) is 0.636. The Morgan fingerprint density at radius 2 is 0.627 bits per heavy atom. The lowest BCUT2D eigenvalue weighted by Crippen LogP contribution is -2.04. The summed E-state index contributed by atoms with van der Waals surface area (Å²) >= 11 is 0. The van der Waals surface area contributed by atoms with E-state index in [9.17, 15) is 0 Å². The molecule has 0 saturated carbocycles. The molecule has 390 valence electrons. The molecule has 0 fully saturated rings. The summed E-state index contributed by atoms with van der Waals surface area (Å²) in [6.07, 6.45) is 0. The molecular weight excluding hydrogens is 1010 g/mol. The predicted molar refractivity (Wildman–Crippen MR) is 347 cm³/mol. The zero-order chi connectivity index (χ0) is 55.1. The van der Waals surface area contributed by atoms with Crippen LogP contribution in [0.5, 0.6) is 0 Å². The maximum Gasteiger partial charge on any atom is 0.160 e. The lowest BCUT2D eigenvalue weighted by Gasteiger charge is -2.22. The molecule has 0 spiro atoms. The first-order valence-electron chi connectivity index (χ1n) is 28.5. The van der Waals surface area contributed by atoms with Crippen molar-refractivity contribution < 1.29 is 0 Å². The minimum Gasteiger partial charge on any atom is -0.309 e. The normalized spacial score (nSPS) is 11.7. The van der Waals surface area contributed by atoms with Crippen molar-refractivity contribution in [1.82, 2.24) is 23.7 Å². The number of hydrogen-bond acceptors (Lipinski definition) is 2. The molecule has 0 atom stereocenters. The Bertz CT molecular complexity index is 4870. The maximum atomic E-state index is 5.54. The van der Waals surface area contributed by atoms with Gasteiger partial charge in [0.05, 0.1) is 50.2 Å². The first kappa shape index (κ1) is 48.1. The van der Waals surface area contributed by atoms with Crippen LogP contribution in [-0.4, -0.2) is 23.7 Å². The lowest BCUT2D eigenvalue weighted by atomic mass is 9.91. The van der Waals surface area contributed by atoms with Crippen molar-refractivity contribution in [3.8, 4) is 84.3 Å². The van der Waals surface area contributed by atoms with Gasteiger partial charge in [0, 0.05) is 71.5 Å². The minimum atomic E-state index is 0.636. The number of fused-ring (bicyclic) bond motifs is 9. The van der Waals surface area contributed by atoms with Gasteiger partial charge in [0.2, 0.25) is 0 Å². The van der Waals surface area contributed by atoms with E-state index < -0.39 is 0 Å². The Morgan fingerprint density at radius 3 is 1.08 bits per heavy atom. The lowest BCUT2D eigenvalue weighted by molar-refractivity contribution is 1.16. The summed E-state index contributed by atoms with van der Waals surface area (Å²) in [6.45, 7) is 4.37. The summed E-state index contributed by atoms with van der Waals surface area (Å²) in [5, 5.41) is 7.24. The van der Waals surface area contributed by atoms with E-state index in [1.54, 1.807) is 0 Å². The summed E-state index contributed by atoms with van der Waals surface area (Å²) in [5.41, 5.74) is 23.8. The summed E-state index contributed by atoms with van der Waals surface area (Å²) < 4.78 is 7.37. The molecular formula is C78H53N5. The zero-order valence-corrected chi connectivity index (χ0v) is 45.9. The SMILES string of the molecule is Cc1cc(C)cc(-c2ccc3c(c2)c2ccccc2n3-c2c(-c3cccc(-n4c5ccccc5c5ccccc54)c3)cc(-c3nc(-c4ccccc4)cc(-c4ccccc4)n3)cc2-c2cccc(-n3c4ccccc4c4ccccc43)c2)c1. The Labute approximate surface area is 480 Å². The Morgan fingerprint density at radius 1 is 0.241 bits per heavy atom. The molecule has 12 aromatic carbocycles. The van der Waals surface area contributed by atoms with Crippen LogP contribution in [0.2, 0.25) is 0 Å². The third kappa shape index (κ3) is 8.08. The highest BCUT2D eigenvalue weighted by atomic mass is 15.0. The molecule has 0 aliphatic carbocycles. The number of para-hydroxylation sites is 5. The average Bonchev–Trinajstić information content (AvgIpc) is 3.95. The van der Waals surface area contributed by atoms with E-state index in [4.69, 9.17) is 9.97 Å². The van der Waals surface area contributed by atoms with Crippen molar-refractivity contribution in [3.05, 3.63) is 296 Å². The van der Waals surface area contributed by atoms with Crippen molar-refractivity contribution in [2.75, 3.05) is 0 Å². The van der Waals surface area contributed by atoms with Crippen LogP contribution in [0.25, 0.3) is 150 Å². The number of aryl methyl sites for hydroxylation is 2. The number of rotatable bonds is 9. The predicted octanol–water partition coefficient (Wildman–Crippen LogP) is 20.4. The molecule has 5 heteroatoms. The molecule has 5 nitrogen and oxygen atoms in total. The number of nitrogens with zero attached hydrogens (tertiary/aromatic N) is 5. The van der Waals surface area contributed by atoms with E-state index in [-0.39, 0.29) is 0 Å². The van der Waals surface area contributed by atoms with Crippen LogP contribution in [0.3, 0.4) is 0 Å². The van der Waals surface area contributed by atoms with Gasteiger partial charge in [-0.2, -0.15) is 0 Å². The summed E-state index contributed by atoms with van der Waals surface area (Å²) in [7, 11) is 0. The van der Waals surface area contributed by atoms with Crippen LogP contribution >= 0.6 is 0 Å². The number of hydrogen-bond donors (Lipinski definition) is 0. The van der Waals surface area contributed by atoms with Crippen LogP contribution in [0.15, 0.2) is 285 Å². The van der Waals surface area contributed by atoms with Crippen molar-refractivity contribution in [1.29, 1.82) is 0 Å². The molecule has 4 heterocycles. The van der Waals surface area contributed by atoms with E-state index in [2.05, 4.69) is 313 Å². The van der Waals surface area contributed by atoms with Gasteiger partial charge >= 0.3 is 0 Å². The van der Waals surface area contributed by atoms with Crippen molar-refractivity contribution in [2.24, 2.45) is 0 Å². The van der Waals surface area contributed by atoms with Gasteiger partial charge in [0.15, 0.2) is 5.82 Å². The molecule has 4 aromatic heterocycles. The van der Waals surface area contributed by atoms with Gasteiger partial charge in [-0.1, -0.05) is 211 Å². The van der Waals surface area contributed by atoms with Crippen LogP contribution in [0.4, 0.5) is 0 Å². The molecule has 0 unspecified atom stereocenters. The molecule has 0 aliphatic heterocycles. The minimum absolute atomic E-state index is 0.636. The number of aromatic nitrogens is 5. The maximum absolute atomic E-state index is 5.54. The average molecular weight is 1060 g/mol. The third-order valence-electron chi connectivity index (χ3n) is 16.7. The fraction of sp³-hybridized carbons (Fsp3) is 0.0256. The van der Waals surface area contributed by atoms with Crippen LogP contribution < -0.4 is 0 Å². The molecule has 0 radical (unpaired) electrons. The van der Waals surface area contributed by atoms with Crippen molar-refractivity contribution in [3.63, 3.8) is 0 Å². The fourth-order valence-corrected chi connectivity index (χ4v) is 13.1. The summed E-state index contributed by atoms with van der Waals surface area (Å²) in [4.78, 5) is 11.1. The van der Waals surface area contributed by atoms with Gasteiger partial charge in [-0.3, -0.25) is 0 Å². The van der Waals surface area contributed by atoms with E-state index in [1.807, 2.05) is 0 Å². The van der Waals surface area contributed by atoms with E-state index in [0.717, 1.165) is 100 Å². The fourth-order valence-electron chi connectivity index (χ4n) is 13.1. The quantitative estimate of drug-likeness (QED) is 0.145. The second-order valence-electron chi connectivity index (χ2n) is 21.9. The molecule has 83 heavy (non-hydrogen) atoms. The van der Waals surface area contributed by atoms with Crippen LogP contribution in [0, 0.1) is 13.8 Å². The molecule has 16 rings (SSSR count). The van der Waals surface area contributed by atoms with Gasteiger partial charge in [-0.15, -0.1) is 0 Å². The molecule has 0 N–H and O–H groups in total. The second kappa shape index (κ2) is 19.4. The second-order valence-corrected chi connectivity index (χ2v) is 21.9. The molecule has 16 aromatic rings. The highest BCUT2D eigenvalue weighted by Gasteiger charge is 2.25. The highest BCUT2D eigenvalue weighted by Crippen LogP contribution is 2.46. The highest BCUT2D eigenvalue weighted by molar-refractivity contribution is 6.13. The monoisotopic (exact) mass is 1060 g/mol. The molecule has 0 amide bonds. The third-order valence-corrected chi connectivity index (χ3v) is 16.7. The Hall–Kier alpha value is -10.9. The molecule has 0 saturated heterocycles. The van der Waals surface area contributed by atoms with E-state index in [0.29, 0.717) is 5.82 Å². The van der Waals surface area contributed by atoms with E-state index >= 15 is 0 Å².